The molecule has 13 nitrogen and oxygen atoms in total. The zero-order valence-electron chi connectivity index (χ0n) is 25.7. The summed E-state index contributed by atoms with van der Waals surface area (Å²) in [7, 11) is -1.48. The van der Waals surface area contributed by atoms with E-state index in [0.29, 0.717) is 38.9 Å². The van der Waals surface area contributed by atoms with Crippen molar-refractivity contribution in [2.45, 2.75) is 74.3 Å². The first-order chi connectivity index (χ1) is 23.1. The smallest absolute Gasteiger partial charge is 0.475 e. The molecule has 1 aromatic heterocycles. The van der Waals surface area contributed by atoms with Gasteiger partial charge in [0.25, 0.3) is 10.0 Å². The zero-order chi connectivity index (χ0) is 39.4. The van der Waals surface area contributed by atoms with Crippen LogP contribution in [0, 0.1) is 11.6 Å². The second-order valence-corrected chi connectivity index (χ2v) is 13.2. The molecule has 3 heterocycles. The Kier molecular flexibility index (Phi) is 13.6. The molecule has 2 fully saturated rings. The predicted molar refractivity (Wildman–Crippen MR) is 148 cm³/mol. The summed E-state index contributed by atoms with van der Waals surface area (Å²) < 4.78 is 149. The summed E-state index contributed by atoms with van der Waals surface area (Å²) in [5, 5.41) is 25.4. The number of fused-ring (bicyclic) bond motifs is 1. The molecule has 3 atom stereocenters. The Morgan fingerprint density at radius 2 is 1.33 bits per heavy atom. The van der Waals surface area contributed by atoms with E-state index >= 15 is 0 Å². The highest BCUT2D eigenvalue weighted by molar-refractivity contribution is 7.90. The van der Waals surface area contributed by atoms with Crippen molar-refractivity contribution in [3.8, 4) is 0 Å². The van der Waals surface area contributed by atoms with Gasteiger partial charge in [0, 0.05) is 49.0 Å². The van der Waals surface area contributed by atoms with E-state index in [-0.39, 0.29) is 22.9 Å². The first-order valence-corrected chi connectivity index (χ1v) is 15.4. The lowest BCUT2D eigenvalue weighted by atomic mass is 9.88. The molecule has 2 aliphatic heterocycles. The first kappa shape index (κ1) is 43.1. The molecule has 1 saturated heterocycles. The Morgan fingerprint density at radius 3 is 1.73 bits per heavy atom. The predicted octanol–water partition coefficient (Wildman–Crippen LogP) is 3.49. The molecule has 5 rings (SSSR count). The van der Waals surface area contributed by atoms with Crippen molar-refractivity contribution in [2.24, 2.45) is 5.73 Å². The van der Waals surface area contributed by atoms with Crippen LogP contribution in [-0.2, 0) is 37.5 Å². The van der Waals surface area contributed by atoms with Crippen molar-refractivity contribution < 1.29 is 86.4 Å². The van der Waals surface area contributed by atoms with E-state index in [1.54, 1.807) is 6.20 Å². The fourth-order valence-corrected chi connectivity index (χ4v) is 6.35. The highest BCUT2D eigenvalue weighted by Gasteiger charge is 2.42. The van der Waals surface area contributed by atoms with Crippen LogP contribution in [0.2, 0.25) is 0 Å². The van der Waals surface area contributed by atoms with Crippen molar-refractivity contribution >= 4 is 27.9 Å². The summed E-state index contributed by atoms with van der Waals surface area (Å²) in [5.74, 6) is -9.20. The molecule has 1 aliphatic carbocycles. The molecule has 0 radical (unpaired) electrons. The average Bonchev–Trinajstić information content (AvgIpc) is 3.64. The minimum Gasteiger partial charge on any atom is -0.475 e. The number of hydrogen-bond donors (Lipinski definition) is 4. The van der Waals surface area contributed by atoms with Gasteiger partial charge in [-0.1, -0.05) is 0 Å². The van der Waals surface area contributed by atoms with E-state index in [2.05, 4.69) is 10.00 Å². The summed E-state index contributed by atoms with van der Waals surface area (Å²) in [4.78, 5) is 30.9. The lowest BCUT2D eigenvalue weighted by molar-refractivity contribution is -0.193. The minimum atomic E-state index is -5.08. The van der Waals surface area contributed by atoms with Gasteiger partial charge in [-0.25, -0.2) is 31.6 Å². The van der Waals surface area contributed by atoms with E-state index in [1.807, 2.05) is 11.9 Å². The van der Waals surface area contributed by atoms with Gasteiger partial charge in [-0.3, -0.25) is 9.80 Å². The number of benzene rings is 1. The molecule has 0 unspecified atom stereocenters. The Hall–Kier alpha value is -4.10. The van der Waals surface area contributed by atoms with Gasteiger partial charge in [0.15, 0.2) is 0 Å². The highest BCUT2D eigenvalue weighted by Crippen LogP contribution is 2.36. The fraction of sp³-hybridized carbons (Fsp3) is 0.538. The molecule has 3 aliphatic rings. The lowest BCUT2D eigenvalue weighted by Crippen LogP contribution is -2.54. The van der Waals surface area contributed by atoms with Gasteiger partial charge in [-0.2, -0.15) is 48.7 Å². The van der Waals surface area contributed by atoms with Crippen molar-refractivity contribution in [3.63, 3.8) is 0 Å². The largest absolute Gasteiger partial charge is 0.490 e. The van der Waals surface area contributed by atoms with Crippen LogP contribution in [-0.4, -0.2) is 110 Å². The first-order valence-electron chi connectivity index (χ1n) is 13.9. The highest BCUT2D eigenvalue weighted by atomic mass is 32.2. The maximum absolute atomic E-state index is 14.3. The second-order valence-electron chi connectivity index (χ2n) is 11.1. The Bertz CT molecular complexity index is 1590. The number of likely N-dealkylation sites (tertiary alicyclic amines) is 1. The molecule has 288 valence electrons. The second kappa shape index (κ2) is 16.1. The number of alkyl halides is 9. The number of nitrogens with two attached hydrogens (primary N) is 1. The van der Waals surface area contributed by atoms with Crippen LogP contribution in [0.5, 0.6) is 0 Å². The number of piperidine rings is 1. The number of nitrogens with zero attached hydrogens (tertiary/aromatic N) is 4. The number of rotatable bonds is 4. The SMILES string of the molecule is CN1C[C@H](N2Cc3cn(S(=O)(=O)C4CC4)nc3C2)C[C@H](N)[C@H]1c1cc(F)ccc1F.O=C(O)C(F)(F)F.O=C(O)C(F)(F)F.O=C(O)C(F)(F)F. The quantitative estimate of drug-likeness (QED) is 0.331. The van der Waals surface area contributed by atoms with Gasteiger partial charge >= 0.3 is 36.4 Å². The molecule has 51 heavy (non-hydrogen) atoms. The monoisotopic (exact) mass is 779 g/mol. The Morgan fingerprint density at radius 1 is 0.863 bits per heavy atom. The summed E-state index contributed by atoms with van der Waals surface area (Å²) in [6, 6.07) is 2.86. The van der Waals surface area contributed by atoms with Crippen molar-refractivity contribution in [3.05, 3.63) is 52.9 Å². The summed E-state index contributed by atoms with van der Waals surface area (Å²) in [6.45, 7) is 1.82. The molecule has 1 aromatic carbocycles. The van der Waals surface area contributed by atoms with Crippen molar-refractivity contribution in [1.82, 2.24) is 19.0 Å². The van der Waals surface area contributed by atoms with Crippen LogP contribution in [0.25, 0.3) is 0 Å². The van der Waals surface area contributed by atoms with E-state index in [4.69, 9.17) is 35.4 Å². The molecular formula is C26H28F11N5O8S. The average molecular weight is 780 g/mol. The van der Waals surface area contributed by atoms with Crippen LogP contribution in [0.3, 0.4) is 0 Å². The van der Waals surface area contributed by atoms with Gasteiger partial charge in [0.1, 0.15) is 11.6 Å². The van der Waals surface area contributed by atoms with Crippen LogP contribution in [0.1, 0.15) is 42.1 Å². The molecular weight excluding hydrogens is 751 g/mol. The third-order valence-electron chi connectivity index (χ3n) is 7.23. The van der Waals surface area contributed by atoms with Crippen molar-refractivity contribution in [1.29, 1.82) is 0 Å². The summed E-state index contributed by atoms with van der Waals surface area (Å²) in [6.07, 6.45) is -11.6. The minimum absolute atomic E-state index is 0.126. The van der Waals surface area contributed by atoms with Gasteiger partial charge in [-0.05, 0) is 44.5 Å². The van der Waals surface area contributed by atoms with Crippen LogP contribution < -0.4 is 5.73 Å². The van der Waals surface area contributed by atoms with Gasteiger partial charge < -0.3 is 21.1 Å². The van der Waals surface area contributed by atoms with E-state index in [0.717, 1.165) is 27.5 Å². The zero-order valence-corrected chi connectivity index (χ0v) is 26.5. The number of carboxylic acid groups (broad SMARTS) is 3. The third kappa shape index (κ3) is 12.0. The van der Waals surface area contributed by atoms with Crippen LogP contribution in [0.4, 0.5) is 48.3 Å². The number of halogens is 11. The number of hydrogen-bond acceptors (Lipinski definition) is 9. The number of aliphatic carboxylic acids is 3. The summed E-state index contributed by atoms with van der Waals surface area (Å²) >= 11 is 0. The van der Waals surface area contributed by atoms with Crippen molar-refractivity contribution in [2.75, 3.05) is 13.6 Å². The Balaban J connectivity index is 0.000000352. The lowest BCUT2D eigenvalue weighted by Gasteiger charge is -2.44. The maximum atomic E-state index is 14.3. The number of carboxylic acids is 3. The van der Waals surface area contributed by atoms with Gasteiger partial charge in [0.05, 0.1) is 17.0 Å². The van der Waals surface area contributed by atoms with E-state index in [9.17, 15) is 56.7 Å². The van der Waals surface area contributed by atoms with E-state index in [1.165, 1.54) is 6.07 Å². The van der Waals surface area contributed by atoms with Gasteiger partial charge in [-0.15, -0.1) is 0 Å². The molecule has 2 aromatic rings. The molecule has 0 bridgehead atoms. The van der Waals surface area contributed by atoms with Crippen LogP contribution in [0.15, 0.2) is 24.4 Å². The third-order valence-corrected chi connectivity index (χ3v) is 9.26. The summed E-state index contributed by atoms with van der Waals surface area (Å²) in [5.41, 5.74) is 8.42. The molecule has 5 N–H and O–H groups in total. The standard InChI is InChI=1S/C20H25F2N5O2S.3C2HF3O2/c1-25-10-14(7-18(23)20(25)16-6-13(21)2-5-17(16)22)26-8-12-9-27(24-19(12)11-26)30(28,29)15-3-4-15;3*3-2(4,5)1(6)7/h2,5-6,9,14-15,18,20H,3-4,7-8,10-11,23H2,1H3;3*(H,6,7)/t14-,18+,20-;;;/m1.../s1. The number of likely N-dealkylation sites (N-methyl/N-ethyl adjacent to an activating group) is 1. The number of carbonyl (C=O) groups is 3. The fourth-order valence-electron chi connectivity index (χ4n) is 4.82. The molecule has 25 heteroatoms. The molecule has 1 saturated carbocycles. The maximum Gasteiger partial charge on any atom is 0.490 e. The van der Waals surface area contributed by atoms with Crippen LogP contribution >= 0.6 is 0 Å². The Labute approximate surface area is 280 Å². The number of aromatic nitrogens is 2. The van der Waals surface area contributed by atoms with Gasteiger partial charge in [0.2, 0.25) is 0 Å². The van der Waals surface area contributed by atoms with E-state index < -0.39 is 64.1 Å². The normalized spacial score (nSPS) is 21.2. The molecule has 0 spiro atoms. The molecule has 0 amide bonds. The topological polar surface area (TPSA) is 196 Å².